The van der Waals surface area contributed by atoms with Gasteiger partial charge >= 0.3 is 5.97 Å². The van der Waals surface area contributed by atoms with Crippen LogP contribution in [0.15, 0.2) is 12.5 Å². The van der Waals surface area contributed by atoms with Crippen molar-refractivity contribution in [1.29, 1.82) is 0 Å². The van der Waals surface area contributed by atoms with Crippen LogP contribution < -0.4 is 5.73 Å². The molecule has 0 saturated carbocycles. The zero-order valence-electron chi connectivity index (χ0n) is 11.8. The van der Waals surface area contributed by atoms with Crippen LogP contribution in [0.4, 0.5) is 0 Å². The molecule has 1 heterocycles. The van der Waals surface area contributed by atoms with Crippen molar-refractivity contribution in [3.8, 4) is 0 Å². The summed E-state index contributed by atoms with van der Waals surface area (Å²) >= 11 is 1.76. The van der Waals surface area contributed by atoms with Crippen molar-refractivity contribution < 1.29 is 9.53 Å². The van der Waals surface area contributed by atoms with Gasteiger partial charge in [-0.15, -0.1) is 0 Å². The van der Waals surface area contributed by atoms with Crippen LogP contribution >= 0.6 is 11.8 Å². The number of hydrogen-bond donors (Lipinski definition) is 1. The number of ether oxygens (including phenoxy) is 1. The number of thioether (sulfide) groups is 1. The Morgan fingerprint density at radius 3 is 2.95 bits per heavy atom. The molecule has 1 unspecified atom stereocenters. The highest BCUT2D eigenvalue weighted by Crippen LogP contribution is 2.16. The van der Waals surface area contributed by atoms with Gasteiger partial charge in [-0.05, 0) is 32.9 Å². The number of carbonyl (C=O) groups is 1. The molecule has 1 rings (SSSR count). The van der Waals surface area contributed by atoms with Crippen molar-refractivity contribution in [1.82, 2.24) is 9.55 Å². The molecular formula is C13H23N3O2S. The quantitative estimate of drug-likeness (QED) is 0.584. The molecule has 0 radical (unpaired) electrons. The SMILES string of the molecule is CCOC(=O)C(N)CCSCc1cncn1C(C)C. The van der Waals surface area contributed by atoms with Gasteiger partial charge in [0.25, 0.3) is 0 Å². The van der Waals surface area contributed by atoms with E-state index in [2.05, 4.69) is 23.4 Å². The van der Waals surface area contributed by atoms with E-state index in [0.717, 1.165) is 11.5 Å². The molecule has 2 N–H and O–H groups in total. The Hall–Kier alpha value is -1.01. The third-order valence-corrected chi connectivity index (χ3v) is 3.74. The lowest BCUT2D eigenvalue weighted by atomic mass is 10.2. The Morgan fingerprint density at radius 1 is 1.58 bits per heavy atom. The van der Waals surface area contributed by atoms with E-state index in [4.69, 9.17) is 10.5 Å². The maximum Gasteiger partial charge on any atom is 0.322 e. The van der Waals surface area contributed by atoms with E-state index >= 15 is 0 Å². The van der Waals surface area contributed by atoms with Crippen LogP contribution in [0.5, 0.6) is 0 Å². The van der Waals surface area contributed by atoms with Crippen LogP contribution in [-0.4, -0.2) is 33.9 Å². The molecule has 6 heteroatoms. The molecule has 1 aromatic rings. The minimum atomic E-state index is -0.512. The summed E-state index contributed by atoms with van der Waals surface area (Å²) in [5.74, 6) is 1.41. The zero-order valence-corrected chi connectivity index (χ0v) is 12.7. The molecule has 1 atom stereocenters. The Bertz CT molecular complexity index is 393. The van der Waals surface area contributed by atoms with Gasteiger partial charge in [-0.1, -0.05) is 0 Å². The Kier molecular flexibility index (Phi) is 6.94. The lowest BCUT2D eigenvalue weighted by Crippen LogP contribution is -2.32. The lowest BCUT2D eigenvalue weighted by molar-refractivity contribution is -0.144. The Balaban J connectivity index is 2.27. The second kappa shape index (κ2) is 8.22. The molecule has 0 aliphatic heterocycles. The molecule has 0 amide bonds. The predicted molar refractivity (Wildman–Crippen MR) is 78.0 cm³/mol. The smallest absolute Gasteiger partial charge is 0.322 e. The molecule has 19 heavy (non-hydrogen) atoms. The predicted octanol–water partition coefficient (Wildman–Crippen LogP) is 1.98. The van der Waals surface area contributed by atoms with Gasteiger partial charge in [-0.25, -0.2) is 4.98 Å². The first-order chi connectivity index (χ1) is 9.06. The van der Waals surface area contributed by atoms with Gasteiger partial charge in [-0.2, -0.15) is 11.8 Å². The molecule has 0 aliphatic rings. The van der Waals surface area contributed by atoms with Crippen LogP contribution in [0.2, 0.25) is 0 Å². The number of hydrogen-bond acceptors (Lipinski definition) is 5. The minimum absolute atomic E-state index is 0.310. The average Bonchev–Trinajstić information content (AvgIpc) is 2.83. The number of nitrogens with zero attached hydrogens (tertiary/aromatic N) is 2. The van der Waals surface area contributed by atoms with E-state index in [1.54, 1.807) is 18.7 Å². The highest BCUT2D eigenvalue weighted by atomic mass is 32.2. The lowest BCUT2D eigenvalue weighted by Gasteiger charge is -2.12. The van der Waals surface area contributed by atoms with E-state index in [-0.39, 0.29) is 5.97 Å². The summed E-state index contributed by atoms with van der Waals surface area (Å²) in [7, 11) is 0. The fourth-order valence-electron chi connectivity index (χ4n) is 1.66. The zero-order chi connectivity index (χ0) is 14.3. The topological polar surface area (TPSA) is 70.1 Å². The summed E-state index contributed by atoms with van der Waals surface area (Å²) in [6.07, 6.45) is 4.38. The highest BCUT2D eigenvalue weighted by molar-refractivity contribution is 7.98. The van der Waals surface area contributed by atoms with Crippen molar-refractivity contribution in [2.75, 3.05) is 12.4 Å². The number of nitrogens with two attached hydrogens (primary N) is 1. The van der Waals surface area contributed by atoms with Crippen molar-refractivity contribution in [3.05, 3.63) is 18.2 Å². The average molecular weight is 285 g/mol. The second-order valence-corrected chi connectivity index (χ2v) is 5.69. The Morgan fingerprint density at radius 2 is 2.32 bits per heavy atom. The van der Waals surface area contributed by atoms with Crippen molar-refractivity contribution >= 4 is 17.7 Å². The number of aromatic nitrogens is 2. The molecule has 5 nitrogen and oxygen atoms in total. The first-order valence-electron chi connectivity index (χ1n) is 6.56. The number of carbonyl (C=O) groups excluding carboxylic acids is 1. The van der Waals surface area contributed by atoms with Gasteiger partial charge in [-0.3, -0.25) is 4.79 Å². The van der Waals surface area contributed by atoms with Gasteiger partial charge in [0.2, 0.25) is 0 Å². The molecule has 0 aliphatic carbocycles. The maximum absolute atomic E-state index is 11.3. The van der Waals surface area contributed by atoms with Crippen LogP contribution in [0.3, 0.4) is 0 Å². The molecule has 0 fully saturated rings. The number of imidazole rings is 1. The van der Waals surface area contributed by atoms with E-state index in [1.165, 1.54) is 5.69 Å². The van der Waals surface area contributed by atoms with Gasteiger partial charge in [0, 0.05) is 23.7 Å². The number of rotatable bonds is 8. The summed E-state index contributed by atoms with van der Waals surface area (Å²) < 4.78 is 7.02. The second-order valence-electron chi connectivity index (χ2n) is 4.59. The van der Waals surface area contributed by atoms with E-state index in [9.17, 15) is 4.79 Å². The largest absolute Gasteiger partial charge is 0.465 e. The van der Waals surface area contributed by atoms with Crippen molar-refractivity contribution in [2.45, 2.75) is 45.0 Å². The summed E-state index contributed by atoms with van der Waals surface area (Å²) in [6.45, 7) is 6.43. The molecule has 0 saturated heterocycles. The summed E-state index contributed by atoms with van der Waals surface area (Å²) in [4.78, 5) is 15.5. The maximum atomic E-state index is 11.3. The summed E-state index contributed by atoms with van der Waals surface area (Å²) in [5.41, 5.74) is 6.93. The first-order valence-corrected chi connectivity index (χ1v) is 7.72. The third kappa shape index (κ3) is 5.24. The van der Waals surface area contributed by atoms with Gasteiger partial charge in [0.1, 0.15) is 6.04 Å². The molecule has 0 aromatic carbocycles. The molecule has 0 bridgehead atoms. The van der Waals surface area contributed by atoms with Crippen LogP contribution in [0.25, 0.3) is 0 Å². The van der Waals surface area contributed by atoms with Gasteiger partial charge in [0.05, 0.1) is 12.9 Å². The van der Waals surface area contributed by atoms with E-state index < -0.39 is 6.04 Å². The summed E-state index contributed by atoms with van der Waals surface area (Å²) in [6, 6.07) is -0.0950. The van der Waals surface area contributed by atoms with Crippen molar-refractivity contribution in [3.63, 3.8) is 0 Å². The highest BCUT2D eigenvalue weighted by Gasteiger charge is 2.14. The monoisotopic (exact) mass is 285 g/mol. The van der Waals surface area contributed by atoms with Crippen LogP contribution in [0.1, 0.15) is 38.9 Å². The molecule has 0 spiro atoms. The minimum Gasteiger partial charge on any atom is -0.465 e. The van der Waals surface area contributed by atoms with E-state index in [0.29, 0.717) is 19.1 Å². The third-order valence-electron chi connectivity index (χ3n) is 2.72. The molecule has 1 aromatic heterocycles. The van der Waals surface area contributed by atoms with Gasteiger partial charge < -0.3 is 15.0 Å². The fourth-order valence-corrected chi connectivity index (χ4v) is 2.66. The molecular weight excluding hydrogens is 262 g/mol. The summed E-state index contributed by atoms with van der Waals surface area (Å²) in [5, 5.41) is 0. The van der Waals surface area contributed by atoms with Crippen LogP contribution in [0, 0.1) is 0 Å². The van der Waals surface area contributed by atoms with E-state index in [1.807, 2.05) is 12.5 Å². The molecule has 108 valence electrons. The van der Waals surface area contributed by atoms with Crippen molar-refractivity contribution in [2.24, 2.45) is 5.73 Å². The Labute approximate surface area is 118 Å². The van der Waals surface area contributed by atoms with Crippen LogP contribution in [-0.2, 0) is 15.3 Å². The standard InChI is InChI=1S/C13H23N3O2S/c1-4-18-13(17)12(14)5-6-19-8-11-7-15-9-16(11)10(2)3/h7,9-10,12H,4-6,8,14H2,1-3H3. The number of esters is 1. The fraction of sp³-hybridized carbons (Fsp3) is 0.692. The van der Waals surface area contributed by atoms with Gasteiger partial charge in [0.15, 0.2) is 0 Å². The normalized spacial score (nSPS) is 12.7. The first kappa shape index (κ1) is 16.0.